The van der Waals surface area contributed by atoms with Crippen LogP contribution < -0.4 is 0 Å². The summed E-state index contributed by atoms with van der Waals surface area (Å²) in [6.07, 6.45) is 2.59. The zero-order valence-corrected chi connectivity index (χ0v) is 8.52. The van der Waals surface area contributed by atoms with Crippen LogP contribution in [-0.4, -0.2) is 44.1 Å². The van der Waals surface area contributed by atoms with Gasteiger partial charge in [-0.1, -0.05) is 0 Å². The van der Waals surface area contributed by atoms with E-state index in [0.717, 1.165) is 25.6 Å². The van der Waals surface area contributed by atoms with Crippen molar-refractivity contribution >= 4 is 11.6 Å². The number of piperidine rings is 1. The zero-order valence-electron chi connectivity index (χ0n) is 7.76. The van der Waals surface area contributed by atoms with E-state index in [4.69, 9.17) is 16.3 Å². The molecule has 0 radical (unpaired) electrons. The minimum atomic E-state index is 0.706. The molecule has 0 amide bonds. The summed E-state index contributed by atoms with van der Waals surface area (Å²) in [5.74, 6) is 1.51. The first-order valence-corrected chi connectivity index (χ1v) is 5.17. The van der Waals surface area contributed by atoms with E-state index >= 15 is 0 Å². The van der Waals surface area contributed by atoms with Gasteiger partial charge in [0.05, 0.1) is 6.61 Å². The average Bonchev–Trinajstić information content (AvgIpc) is 2.15. The number of hydrogen-bond donors (Lipinski definition) is 0. The fourth-order valence-corrected chi connectivity index (χ4v) is 1.95. The van der Waals surface area contributed by atoms with Gasteiger partial charge in [0.15, 0.2) is 0 Å². The van der Waals surface area contributed by atoms with E-state index in [1.165, 1.54) is 19.4 Å². The first kappa shape index (κ1) is 10.3. The fraction of sp³-hybridized carbons (Fsp3) is 1.00. The van der Waals surface area contributed by atoms with Gasteiger partial charge < -0.3 is 9.64 Å². The zero-order chi connectivity index (χ0) is 8.81. The van der Waals surface area contributed by atoms with Gasteiger partial charge in [0.1, 0.15) is 0 Å². The van der Waals surface area contributed by atoms with Crippen LogP contribution in [0.1, 0.15) is 12.8 Å². The van der Waals surface area contributed by atoms with Gasteiger partial charge in [0, 0.05) is 26.1 Å². The van der Waals surface area contributed by atoms with E-state index in [1.807, 2.05) is 0 Å². The molecule has 0 aromatic carbocycles. The molecule has 0 spiro atoms. The number of hydrogen-bond acceptors (Lipinski definition) is 2. The van der Waals surface area contributed by atoms with Gasteiger partial charge in [0.2, 0.25) is 0 Å². The number of halogens is 1. The molecule has 1 aliphatic heterocycles. The molecular formula is C9H18ClNO. The highest BCUT2D eigenvalue weighted by molar-refractivity contribution is 6.18. The molecule has 3 heteroatoms. The summed E-state index contributed by atoms with van der Waals surface area (Å²) < 4.78 is 5.04. The van der Waals surface area contributed by atoms with E-state index in [1.54, 1.807) is 7.11 Å². The van der Waals surface area contributed by atoms with Crippen LogP contribution in [0.2, 0.25) is 0 Å². The van der Waals surface area contributed by atoms with Crippen LogP contribution >= 0.6 is 11.6 Å². The van der Waals surface area contributed by atoms with Gasteiger partial charge in [-0.05, 0) is 25.3 Å². The number of methoxy groups -OCH3 is 1. The summed E-state index contributed by atoms with van der Waals surface area (Å²) in [5.41, 5.74) is 0. The summed E-state index contributed by atoms with van der Waals surface area (Å²) >= 11 is 5.82. The molecule has 1 saturated heterocycles. The molecule has 1 heterocycles. The number of alkyl halides is 1. The Morgan fingerprint density at radius 2 is 2.42 bits per heavy atom. The summed E-state index contributed by atoms with van der Waals surface area (Å²) in [4.78, 5) is 2.44. The van der Waals surface area contributed by atoms with Crippen molar-refractivity contribution in [1.29, 1.82) is 0 Å². The lowest BCUT2D eigenvalue weighted by Gasteiger charge is -2.31. The Morgan fingerprint density at radius 3 is 3.08 bits per heavy atom. The average molecular weight is 192 g/mol. The van der Waals surface area contributed by atoms with Crippen molar-refractivity contribution in [1.82, 2.24) is 4.90 Å². The second-order valence-corrected chi connectivity index (χ2v) is 3.76. The molecule has 1 aliphatic rings. The predicted molar refractivity (Wildman–Crippen MR) is 51.8 cm³/mol. The van der Waals surface area contributed by atoms with Crippen LogP contribution in [0, 0.1) is 5.92 Å². The molecule has 1 atom stereocenters. The van der Waals surface area contributed by atoms with Crippen LogP contribution in [-0.2, 0) is 4.74 Å². The lowest BCUT2D eigenvalue weighted by molar-refractivity contribution is 0.119. The van der Waals surface area contributed by atoms with Crippen LogP contribution in [0.3, 0.4) is 0 Å². The smallest absolute Gasteiger partial charge is 0.0589 e. The Kier molecular flexibility index (Phi) is 4.96. The Labute approximate surface area is 79.8 Å². The Balaban J connectivity index is 2.16. The first-order valence-electron chi connectivity index (χ1n) is 4.64. The number of ether oxygens (including phenoxy) is 1. The molecule has 1 fully saturated rings. The SMILES string of the molecule is COCCN1CCCC(CCl)C1. The second-order valence-electron chi connectivity index (χ2n) is 3.46. The van der Waals surface area contributed by atoms with E-state index in [-0.39, 0.29) is 0 Å². The summed E-state index contributed by atoms with van der Waals surface area (Å²) in [6.45, 7) is 4.28. The molecule has 0 N–H and O–H groups in total. The van der Waals surface area contributed by atoms with Crippen molar-refractivity contribution in [2.75, 3.05) is 39.2 Å². The van der Waals surface area contributed by atoms with Crippen molar-refractivity contribution < 1.29 is 4.74 Å². The Morgan fingerprint density at radius 1 is 1.58 bits per heavy atom. The lowest BCUT2D eigenvalue weighted by atomic mass is 10.0. The Bertz CT molecular complexity index is 121. The third-order valence-corrected chi connectivity index (χ3v) is 2.87. The third kappa shape index (κ3) is 3.30. The molecule has 0 aromatic rings. The molecule has 0 saturated carbocycles. The highest BCUT2D eigenvalue weighted by atomic mass is 35.5. The predicted octanol–water partition coefficient (Wildman–Crippen LogP) is 1.58. The van der Waals surface area contributed by atoms with Crippen molar-refractivity contribution in [3.8, 4) is 0 Å². The maximum absolute atomic E-state index is 5.82. The van der Waals surface area contributed by atoms with Crippen molar-refractivity contribution in [2.45, 2.75) is 12.8 Å². The quantitative estimate of drug-likeness (QED) is 0.626. The van der Waals surface area contributed by atoms with Crippen molar-refractivity contribution in [3.63, 3.8) is 0 Å². The molecule has 12 heavy (non-hydrogen) atoms. The van der Waals surface area contributed by atoms with Gasteiger partial charge in [-0.25, -0.2) is 0 Å². The minimum absolute atomic E-state index is 0.706. The van der Waals surface area contributed by atoms with Crippen LogP contribution in [0.5, 0.6) is 0 Å². The van der Waals surface area contributed by atoms with Crippen LogP contribution in [0.15, 0.2) is 0 Å². The third-order valence-electron chi connectivity index (χ3n) is 2.43. The van der Waals surface area contributed by atoms with Crippen LogP contribution in [0.4, 0.5) is 0 Å². The number of likely N-dealkylation sites (tertiary alicyclic amines) is 1. The minimum Gasteiger partial charge on any atom is -0.383 e. The molecule has 1 rings (SSSR count). The van der Waals surface area contributed by atoms with Gasteiger partial charge in [-0.15, -0.1) is 11.6 Å². The lowest BCUT2D eigenvalue weighted by Crippen LogP contribution is -2.37. The summed E-state index contributed by atoms with van der Waals surface area (Å²) in [7, 11) is 1.75. The van der Waals surface area contributed by atoms with Crippen molar-refractivity contribution in [3.05, 3.63) is 0 Å². The first-order chi connectivity index (χ1) is 5.86. The van der Waals surface area contributed by atoms with E-state index in [0.29, 0.717) is 5.92 Å². The van der Waals surface area contributed by atoms with E-state index in [9.17, 15) is 0 Å². The standard InChI is InChI=1S/C9H18ClNO/c1-12-6-5-11-4-2-3-9(7-10)8-11/h9H,2-8H2,1H3. The highest BCUT2D eigenvalue weighted by Crippen LogP contribution is 2.16. The summed E-state index contributed by atoms with van der Waals surface area (Å²) in [6, 6.07) is 0. The van der Waals surface area contributed by atoms with E-state index < -0.39 is 0 Å². The number of nitrogens with zero attached hydrogens (tertiary/aromatic N) is 1. The largest absolute Gasteiger partial charge is 0.383 e. The molecule has 72 valence electrons. The van der Waals surface area contributed by atoms with Crippen molar-refractivity contribution in [2.24, 2.45) is 5.92 Å². The molecule has 1 unspecified atom stereocenters. The fourth-order valence-electron chi connectivity index (χ4n) is 1.70. The highest BCUT2D eigenvalue weighted by Gasteiger charge is 2.18. The molecular weight excluding hydrogens is 174 g/mol. The maximum Gasteiger partial charge on any atom is 0.0589 e. The van der Waals surface area contributed by atoms with Crippen LogP contribution in [0.25, 0.3) is 0 Å². The normalized spacial score (nSPS) is 26.0. The molecule has 0 aliphatic carbocycles. The van der Waals surface area contributed by atoms with E-state index in [2.05, 4.69) is 4.90 Å². The summed E-state index contributed by atoms with van der Waals surface area (Å²) in [5, 5.41) is 0. The molecule has 2 nitrogen and oxygen atoms in total. The monoisotopic (exact) mass is 191 g/mol. The van der Waals surface area contributed by atoms with Gasteiger partial charge in [-0.3, -0.25) is 0 Å². The van der Waals surface area contributed by atoms with Gasteiger partial charge in [0.25, 0.3) is 0 Å². The van der Waals surface area contributed by atoms with Gasteiger partial charge in [-0.2, -0.15) is 0 Å². The number of rotatable bonds is 4. The molecule has 0 bridgehead atoms. The van der Waals surface area contributed by atoms with Gasteiger partial charge >= 0.3 is 0 Å². The molecule has 0 aromatic heterocycles. The Hall–Kier alpha value is 0.210. The second kappa shape index (κ2) is 5.79. The topological polar surface area (TPSA) is 12.5 Å². The maximum atomic E-state index is 5.82.